The van der Waals surface area contributed by atoms with Gasteiger partial charge in [-0.1, -0.05) is 23.7 Å². The van der Waals surface area contributed by atoms with Crippen molar-refractivity contribution in [2.75, 3.05) is 19.0 Å². The summed E-state index contributed by atoms with van der Waals surface area (Å²) in [6.07, 6.45) is 0.607. The van der Waals surface area contributed by atoms with Crippen LogP contribution in [0.4, 0.5) is 5.69 Å². The molecule has 2 aromatic rings. The maximum atomic E-state index is 11.7. The molecular weight excluding hydrogens is 390 g/mol. The topological polar surface area (TPSA) is 87.7 Å². The molecule has 0 radical (unpaired) electrons. The standard InChI is InChI=1S/C19H18ClNO5S/c1-25-19(22)11-4-2-10(3-5-11)16-13-6-7-26-18(13)14-8-12(27(23)24)9-15(20)17(14)21-16/h2-5,8-9,13,16,18,21H,6-7H2,1H3,(H,23,24)/p-1. The number of fused-ring (bicyclic) bond motifs is 3. The maximum Gasteiger partial charge on any atom is 0.337 e. The summed E-state index contributed by atoms with van der Waals surface area (Å²) in [7, 11) is 1.35. The minimum absolute atomic E-state index is 0.0576. The van der Waals surface area contributed by atoms with Crippen molar-refractivity contribution in [1.29, 1.82) is 0 Å². The van der Waals surface area contributed by atoms with Gasteiger partial charge in [0, 0.05) is 23.0 Å². The molecule has 6 nitrogen and oxygen atoms in total. The zero-order chi connectivity index (χ0) is 19.1. The first kappa shape index (κ1) is 18.4. The van der Waals surface area contributed by atoms with Gasteiger partial charge in [-0.15, -0.1) is 0 Å². The van der Waals surface area contributed by atoms with E-state index in [0.29, 0.717) is 22.9 Å². The predicted octanol–water partition coefficient (Wildman–Crippen LogP) is 3.61. The molecule has 1 fully saturated rings. The van der Waals surface area contributed by atoms with Crippen LogP contribution in [0, 0.1) is 5.92 Å². The molecule has 2 heterocycles. The van der Waals surface area contributed by atoms with Crippen molar-refractivity contribution in [3.63, 3.8) is 0 Å². The lowest BCUT2D eigenvalue weighted by Gasteiger charge is -2.37. The van der Waals surface area contributed by atoms with Crippen LogP contribution < -0.4 is 5.32 Å². The lowest BCUT2D eigenvalue weighted by atomic mass is 9.81. The lowest BCUT2D eigenvalue weighted by Crippen LogP contribution is -2.29. The SMILES string of the molecule is COC(=O)c1ccc(C2Nc3c(Cl)cc(S(=O)[O-])cc3C3OCCC23)cc1. The van der Waals surface area contributed by atoms with Crippen molar-refractivity contribution < 1.29 is 23.0 Å². The molecule has 2 aliphatic heterocycles. The zero-order valence-corrected chi connectivity index (χ0v) is 16.0. The average molecular weight is 407 g/mol. The van der Waals surface area contributed by atoms with Crippen molar-refractivity contribution in [2.45, 2.75) is 23.5 Å². The van der Waals surface area contributed by atoms with E-state index in [1.54, 1.807) is 18.2 Å². The van der Waals surface area contributed by atoms with Crippen LogP contribution in [0.1, 0.15) is 40.1 Å². The number of nitrogens with one attached hydrogen (secondary N) is 1. The van der Waals surface area contributed by atoms with Gasteiger partial charge in [-0.25, -0.2) is 4.79 Å². The van der Waals surface area contributed by atoms with E-state index >= 15 is 0 Å². The number of benzene rings is 2. The molecule has 0 aromatic heterocycles. The molecule has 4 rings (SSSR count). The molecule has 142 valence electrons. The molecule has 2 aromatic carbocycles. The van der Waals surface area contributed by atoms with Gasteiger partial charge in [0.05, 0.1) is 35.5 Å². The first-order valence-corrected chi connectivity index (χ1v) is 9.94. The Hall–Kier alpha value is -1.93. The highest BCUT2D eigenvalue weighted by molar-refractivity contribution is 7.79. The molecule has 0 bridgehead atoms. The van der Waals surface area contributed by atoms with E-state index in [0.717, 1.165) is 17.5 Å². The minimum atomic E-state index is -2.36. The molecule has 8 heteroatoms. The minimum Gasteiger partial charge on any atom is -0.768 e. The van der Waals surface area contributed by atoms with Crippen molar-refractivity contribution in [3.8, 4) is 0 Å². The van der Waals surface area contributed by atoms with E-state index in [2.05, 4.69) is 5.32 Å². The number of anilines is 1. The summed E-state index contributed by atoms with van der Waals surface area (Å²) in [6, 6.07) is 10.2. The van der Waals surface area contributed by atoms with E-state index in [-0.39, 0.29) is 28.9 Å². The van der Waals surface area contributed by atoms with Gasteiger partial charge in [-0.3, -0.25) is 4.21 Å². The van der Waals surface area contributed by atoms with Crippen LogP contribution in [0.2, 0.25) is 5.02 Å². The van der Waals surface area contributed by atoms with Crippen LogP contribution in [0.5, 0.6) is 0 Å². The Morgan fingerprint density at radius 3 is 2.74 bits per heavy atom. The fourth-order valence-electron chi connectivity index (χ4n) is 3.88. The smallest absolute Gasteiger partial charge is 0.337 e. The van der Waals surface area contributed by atoms with Crippen molar-refractivity contribution >= 4 is 34.3 Å². The normalized spacial score (nSPS) is 24.5. The van der Waals surface area contributed by atoms with E-state index in [9.17, 15) is 13.6 Å². The molecule has 27 heavy (non-hydrogen) atoms. The Kier molecular flexibility index (Phi) is 4.94. The highest BCUT2D eigenvalue weighted by Crippen LogP contribution is 2.52. The molecule has 4 atom stereocenters. The van der Waals surface area contributed by atoms with E-state index in [1.165, 1.54) is 13.2 Å². The Bertz CT molecular complexity index is 917. The quantitative estimate of drug-likeness (QED) is 0.618. The van der Waals surface area contributed by atoms with Gasteiger partial charge in [0.1, 0.15) is 0 Å². The number of methoxy groups -OCH3 is 1. The summed E-state index contributed by atoms with van der Waals surface area (Å²) in [5, 5.41) is 3.80. The fourth-order valence-corrected chi connectivity index (χ4v) is 4.66. The Labute approximate surface area is 164 Å². The average Bonchev–Trinajstić information content (AvgIpc) is 3.17. The third-order valence-corrected chi connectivity index (χ3v) is 6.07. The molecule has 1 N–H and O–H groups in total. The first-order chi connectivity index (χ1) is 13.0. The van der Waals surface area contributed by atoms with Gasteiger partial charge >= 0.3 is 5.97 Å². The Morgan fingerprint density at radius 2 is 2.07 bits per heavy atom. The molecule has 1 saturated heterocycles. The third kappa shape index (κ3) is 3.25. The summed E-state index contributed by atoms with van der Waals surface area (Å²) in [6.45, 7) is 0.593. The second-order valence-electron chi connectivity index (χ2n) is 6.58. The van der Waals surface area contributed by atoms with E-state index < -0.39 is 11.1 Å². The zero-order valence-electron chi connectivity index (χ0n) is 14.4. The Balaban J connectivity index is 1.73. The van der Waals surface area contributed by atoms with Crippen LogP contribution in [0.15, 0.2) is 41.3 Å². The molecule has 0 saturated carbocycles. The highest BCUT2D eigenvalue weighted by atomic mass is 35.5. The summed E-state index contributed by atoms with van der Waals surface area (Å²) in [5.74, 6) is -0.250. The Morgan fingerprint density at radius 1 is 1.33 bits per heavy atom. The van der Waals surface area contributed by atoms with Crippen molar-refractivity contribution in [2.24, 2.45) is 5.92 Å². The number of rotatable bonds is 3. The summed E-state index contributed by atoms with van der Waals surface area (Å²) in [4.78, 5) is 11.8. The second kappa shape index (κ2) is 7.24. The summed E-state index contributed by atoms with van der Waals surface area (Å²) >= 11 is 4.01. The number of carbonyl (C=O) groups excluding carboxylic acids is 1. The van der Waals surface area contributed by atoms with Gasteiger partial charge in [0.15, 0.2) is 0 Å². The number of hydrogen-bond acceptors (Lipinski definition) is 6. The second-order valence-corrected chi connectivity index (χ2v) is 7.93. The van der Waals surface area contributed by atoms with Crippen molar-refractivity contribution in [1.82, 2.24) is 0 Å². The molecule has 0 spiro atoms. The lowest BCUT2D eigenvalue weighted by molar-refractivity contribution is 0.0600. The van der Waals surface area contributed by atoms with Gasteiger partial charge in [0.25, 0.3) is 0 Å². The van der Waals surface area contributed by atoms with Crippen LogP contribution in [-0.2, 0) is 20.6 Å². The number of esters is 1. The molecular formula is C19H17ClNO5S-. The third-order valence-electron chi connectivity index (χ3n) is 5.15. The van der Waals surface area contributed by atoms with Gasteiger partial charge < -0.3 is 19.3 Å². The monoisotopic (exact) mass is 406 g/mol. The molecule has 0 amide bonds. The van der Waals surface area contributed by atoms with Crippen molar-refractivity contribution in [3.05, 3.63) is 58.1 Å². The van der Waals surface area contributed by atoms with Gasteiger partial charge in [-0.2, -0.15) is 0 Å². The number of carbonyl (C=O) groups is 1. The fraction of sp³-hybridized carbons (Fsp3) is 0.316. The van der Waals surface area contributed by atoms with Crippen LogP contribution in [-0.4, -0.2) is 28.4 Å². The summed E-state index contributed by atoms with van der Waals surface area (Å²) < 4.78 is 33.4. The number of ether oxygens (including phenoxy) is 2. The molecule has 2 aliphatic rings. The maximum absolute atomic E-state index is 11.7. The predicted molar refractivity (Wildman–Crippen MR) is 99.6 cm³/mol. The van der Waals surface area contributed by atoms with Crippen LogP contribution in [0.25, 0.3) is 0 Å². The van der Waals surface area contributed by atoms with Crippen LogP contribution in [0.3, 0.4) is 0 Å². The number of halogens is 1. The summed E-state index contributed by atoms with van der Waals surface area (Å²) in [5.41, 5.74) is 2.95. The van der Waals surface area contributed by atoms with E-state index in [4.69, 9.17) is 21.1 Å². The van der Waals surface area contributed by atoms with Gasteiger partial charge in [-0.05, 0) is 47.3 Å². The molecule has 4 unspecified atom stereocenters. The van der Waals surface area contributed by atoms with Crippen LogP contribution >= 0.6 is 11.6 Å². The first-order valence-electron chi connectivity index (χ1n) is 8.48. The van der Waals surface area contributed by atoms with Gasteiger partial charge in [0.2, 0.25) is 0 Å². The molecule has 0 aliphatic carbocycles. The highest BCUT2D eigenvalue weighted by Gasteiger charge is 2.42. The number of hydrogen-bond donors (Lipinski definition) is 1. The largest absolute Gasteiger partial charge is 0.768 e. The van der Waals surface area contributed by atoms with E-state index in [1.807, 2.05) is 12.1 Å².